The number of halogens is 1. The lowest BCUT2D eigenvalue weighted by atomic mass is 9.67. The van der Waals surface area contributed by atoms with E-state index in [2.05, 4.69) is 10.3 Å². The predicted molar refractivity (Wildman–Crippen MR) is 77.3 cm³/mol. The first-order valence-corrected chi connectivity index (χ1v) is 6.94. The summed E-state index contributed by atoms with van der Waals surface area (Å²) >= 11 is 0. The Morgan fingerprint density at radius 3 is 2.58 bits per heavy atom. The third kappa shape index (κ3) is 2.95. The summed E-state index contributed by atoms with van der Waals surface area (Å²) in [5.41, 5.74) is 6.75. The van der Waals surface area contributed by atoms with E-state index < -0.39 is 0 Å². The molecule has 1 heterocycles. The van der Waals surface area contributed by atoms with Gasteiger partial charge < -0.3 is 16.0 Å². The van der Waals surface area contributed by atoms with Crippen molar-refractivity contribution in [2.75, 3.05) is 0 Å². The van der Waals surface area contributed by atoms with E-state index in [-0.39, 0.29) is 18.3 Å². The number of nitrogens with two attached hydrogens (primary N) is 1. The number of fused-ring (bicyclic) bond motifs is 2. The lowest BCUT2D eigenvalue weighted by Crippen LogP contribution is -2.53. The molecule has 2 aliphatic carbocycles. The molecule has 1 aromatic rings. The molecule has 19 heavy (non-hydrogen) atoms. The normalized spacial score (nSPS) is 33.3. The number of rotatable bonds is 2. The molecule has 2 atom stereocenters. The van der Waals surface area contributed by atoms with E-state index in [1.165, 1.54) is 19.3 Å². The number of carbonyl (C=O) groups is 1. The third-order valence-corrected chi connectivity index (χ3v) is 4.52. The molecule has 2 fully saturated rings. The van der Waals surface area contributed by atoms with Gasteiger partial charge in [-0.15, -0.1) is 12.4 Å². The van der Waals surface area contributed by atoms with Crippen LogP contribution in [0.25, 0.3) is 0 Å². The quantitative estimate of drug-likeness (QED) is 0.778. The van der Waals surface area contributed by atoms with Crippen LogP contribution in [0.1, 0.15) is 42.6 Å². The average Bonchev–Trinajstić information content (AvgIpc) is 2.83. The van der Waals surface area contributed by atoms with Crippen molar-refractivity contribution in [1.82, 2.24) is 10.3 Å². The van der Waals surface area contributed by atoms with Crippen LogP contribution < -0.4 is 11.1 Å². The van der Waals surface area contributed by atoms with Crippen LogP contribution in [0.3, 0.4) is 0 Å². The van der Waals surface area contributed by atoms with Gasteiger partial charge in [-0.3, -0.25) is 4.79 Å². The van der Waals surface area contributed by atoms with Gasteiger partial charge in [-0.05, 0) is 49.7 Å². The lowest BCUT2D eigenvalue weighted by Gasteiger charge is -2.45. The largest absolute Gasteiger partial charge is 0.357 e. The highest BCUT2D eigenvalue weighted by molar-refractivity contribution is 5.92. The van der Waals surface area contributed by atoms with E-state index in [1.54, 1.807) is 6.20 Å². The average molecular weight is 284 g/mol. The summed E-state index contributed by atoms with van der Waals surface area (Å²) in [6, 6.07) is 4.33. The summed E-state index contributed by atoms with van der Waals surface area (Å²) in [5.74, 6) is 1.18. The monoisotopic (exact) mass is 283 g/mol. The molecule has 3 rings (SSSR count). The Hall–Kier alpha value is -1.00. The predicted octanol–water partition coefficient (Wildman–Crippen LogP) is 2.07. The van der Waals surface area contributed by atoms with Crippen molar-refractivity contribution < 1.29 is 4.79 Å². The Morgan fingerprint density at radius 2 is 2.00 bits per heavy atom. The van der Waals surface area contributed by atoms with Gasteiger partial charge >= 0.3 is 0 Å². The van der Waals surface area contributed by atoms with Crippen molar-refractivity contribution in [2.24, 2.45) is 17.6 Å². The number of nitrogens with one attached hydrogen (secondary N) is 2. The Morgan fingerprint density at radius 1 is 1.32 bits per heavy atom. The van der Waals surface area contributed by atoms with E-state index in [0.29, 0.717) is 29.6 Å². The van der Waals surface area contributed by atoms with Gasteiger partial charge in [0.15, 0.2) is 0 Å². The van der Waals surface area contributed by atoms with Crippen molar-refractivity contribution in [3.8, 4) is 0 Å². The number of H-pyrrole nitrogens is 1. The fourth-order valence-corrected chi connectivity index (χ4v) is 3.73. The first kappa shape index (κ1) is 14.4. The van der Waals surface area contributed by atoms with Gasteiger partial charge in [-0.2, -0.15) is 0 Å². The maximum Gasteiger partial charge on any atom is 0.267 e. The third-order valence-electron chi connectivity index (χ3n) is 4.52. The van der Waals surface area contributed by atoms with Crippen molar-refractivity contribution in [3.05, 3.63) is 24.0 Å². The topological polar surface area (TPSA) is 70.9 Å². The Balaban J connectivity index is 0.00000133. The van der Waals surface area contributed by atoms with E-state index >= 15 is 0 Å². The summed E-state index contributed by atoms with van der Waals surface area (Å²) in [6.07, 6.45) is 7.61. The zero-order valence-corrected chi connectivity index (χ0v) is 11.8. The van der Waals surface area contributed by atoms with Crippen molar-refractivity contribution >= 4 is 18.3 Å². The molecule has 106 valence electrons. The fraction of sp³-hybridized carbons (Fsp3) is 0.643. The molecule has 1 amide bonds. The molecule has 0 radical (unpaired) electrons. The lowest BCUT2D eigenvalue weighted by molar-refractivity contribution is 0.0752. The van der Waals surface area contributed by atoms with E-state index in [9.17, 15) is 4.79 Å². The number of aromatic amines is 1. The maximum absolute atomic E-state index is 12.1. The molecule has 0 spiro atoms. The molecule has 5 heteroatoms. The molecule has 0 aromatic carbocycles. The van der Waals surface area contributed by atoms with Gasteiger partial charge in [0.05, 0.1) is 0 Å². The van der Waals surface area contributed by atoms with Crippen LogP contribution in [0.2, 0.25) is 0 Å². The molecule has 4 N–H and O–H groups in total. The van der Waals surface area contributed by atoms with Gasteiger partial charge in [0.25, 0.3) is 5.91 Å². The van der Waals surface area contributed by atoms with Gasteiger partial charge in [-0.25, -0.2) is 0 Å². The summed E-state index contributed by atoms with van der Waals surface area (Å²) in [5, 5.41) is 3.22. The molecule has 4 nitrogen and oxygen atoms in total. The first-order valence-electron chi connectivity index (χ1n) is 6.94. The second-order valence-electron chi connectivity index (χ2n) is 5.77. The highest BCUT2D eigenvalue weighted by Crippen LogP contribution is 2.39. The summed E-state index contributed by atoms with van der Waals surface area (Å²) in [6.45, 7) is 0. The minimum atomic E-state index is 0. The van der Waals surface area contributed by atoms with Crippen LogP contribution in [-0.2, 0) is 0 Å². The van der Waals surface area contributed by atoms with Crippen molar-refractivity contribution in [2.45, 2.75) is 44.2 Å². The molecular formula is C14H22ClN3O. The zero-order valence-electron chi connectivity index (χ0n) is 11.0. The standard InChI is InChI=1S/C14H21N3O.ClH/c15-11-7-9-3-1-4-10(8-11)13(9)17-14(18)12-5-2-6-16-12;/h2,5-6,9-11,13,16H,1,3-4,7-8,15H2,(H,17,18);1H. The number of hydrogen-bond acceptors (Lipinski definition) is 2. The van der Waals surface area contributed by atoms with Crippen LogP contribution >= 0.6 is 12.4 Å². The van der Waals surface area contributed by atoms with Crippen molar-refractivity contribution in [3.63, 3.8) is 0 Å². The van der Waals surface area contributed by atoms with Gasteiger partial charge in [0, 0.05) is 18.3 Å². The van der Waals surface area contributed by atoms with Gasteiger partial charge in [0.1, 0.15) is 5.69 Å². The number of amides is 1. The van der Waals surface area contributed by atoms with Crippen LogP contribution in [0.4, 0.5) is 0 Å². The van der Waals surface area contributed by atoms with Gasteiger partial charge in [0.2, 0.25) is 0 Å². The Kier molecular flexibility index (Phi) is 4.53. The minimum absolute atomic E-state index is 0. The Labute approximate surface area is 119 Å². The van der Waals surface area contributed by atoms with E-state index in [1.807, 2.05) is 12.1 Å². The molecule has 0 aliphatic heterocycles. The van der Waals surface area contributed by atoms with Crippen LogP contribution in [0.5, 0.6) is 0 Å². The zero-order chi connectivity index (χ0) is 12.5. The summed E-state index contributed by atoms with van der Waals surface area (Å²) in [7, 11) is 0. The number of aromatic nitrogens is 1. The Bertz CT molecular complexity index is 406. The molecule has 2 bridgehead atoms. The summed E-state index contributed by atoms with van der Waals surface area (Å²) in [4.78, 5) is 15.1. The molecule has 2 unspecified atom stereocenters. The highest BCUT2D eigenvalue weighted by Gasteiger charge is 2.39. The summed E-state index contributed by atoms with van der Waals surface area (Å²) < 4.78 is 0. The van der Waals surface area contributed by atoms with Crippen LogP contribution in [0.15, 0.2) is 18.3 Å². The van der Waals surface area contributed by atoms with Crippen molar-refractivity contribution in [1.29, 1.82) is 0 Å². The van der Waals surface area contributed by atoms with Crippen LogP contribution in [-0.4, -0.2) is 23.0 Å². The SMILES string of the molecule is Cl.NC1CC2CCCC(C1)C2NC(=O)c1ccc[nH]1. The number of carbonyl (C=O) groups excluding carboxylic acids is 1. The molecular weight excluding hydrogens is 262 g/mol. The maximum atomic E-state index is 12.1. The smallest absolute Gasteiger partial charge is 0.267 e. The van der Waals surface area contributed by atoms with E-state index in [0.717, 1.165) is 12.8 Å². The van der Waals surface area contributed by atoms with Gasteiger partial charge in [-0.1, -0.05) is 6.42 Å². The van der Waals surface area contributed by atoms with E-state index in [4.69, 9.17) is 5.73 Å². The molecule has 1 aromatic heterocycles. The molecule has 2 saturated carbocycles. The first-order chi connectivity index (χ1) is 8.74. The second kappa shape index (κ2) is 5.97. The molecule has 0 saturated heterocycles. The minimum Gasteiger partial charge on any atom is -0.357 e. The fourth-order valence-electron chi connectivity index (χ4n) is 3.73. The van der Waals surface area contributed by atoms with Crippen LogP contribution in [0, 0.1) is 11.8 Å². The molecule has 2 aliphatic rings. The number of hydrogen-bond donors (Lipinski definition) is 3. The second-order valence-corrected chi connectivity index (χ2v) is 5.77. The highest BCUT2D eigenvalue weighted by atomic mass is 35.5.